The van der Waals surface area contributed by atoms with Crippen molar-refractivity contribution < 1.29 is 9.32 Å². The molecule has 0 saturated carbocycles. The van der Waals surface area contributed by atoms with Gasteiger partial charge in [-0.25, -0.2) is 0 Å². The lowest BCUT2D eigenvalue weighted by atomic mass is 10.2. The number of rotatable bonds is 6. The highest BCUT2D eigenvalue weighted by atomic mass is 16.5. The first-order valence-electron chi connectivity index (χ1n) is 7.38. The molecule has 0 aliphatic rings. The lowest BCUT2D eigenvalue weighted by Crippen LogP contribution is -2.32. The Morgan fingerprint density at radius 2 is 2.05 bits per heavy atom. The van der Waals surface area contributed by atoms with E-state index in [-0.39, 0.29) is 18.5 Å². The minimum Gasteiger partial charge on any atom is -0.338 e. The van der Waals surface area contributed by atoms with Crippen LogP contribution < -0.4 is 5.32 Å². The number of aromatic nitrogens is 2. The smallest absolute Gasteiger partial charge is 0.243 e. The van der Waals surface area contributed by atoms with Crippen LogP contribution in [0.1, 0.15) is 37.2 Å². The van der Waals surface area contributed by atoms with Gasteiger partial charge in [0.25, 0.3) is 0 Å². The number of likely N-dealkylation sites (N-methyl/N-ethyl adjacent to an activating group) is 1. The second kappa shape index (κ2) is 7.17. The quantitative estimate of drug-likeness (QED) is 0.888. The fraction of sp³-hybridized carbons (Fsp3) is 0.438. The zero-order chi connectivity index (χ0) is 16.1. The van der Waals surface area contributed by atoms with Gasteiger partial charge in [0.15, 0.2) is 5.82 Å². The molecular formula is C16H22N4O2. The maximum Gasteiger partial charge on any atom is 0.243 e. The van der Waals surface area contributed by atoms with Crippen molar-refractivity contribution in [2.75, 3.05) is 18.9 Å². The zero-order valence-electron chi connectivity index (χ0n) is 13.5. The van der Waals surface area contributed by atoms with Crippen molar-refractivity contribution in [3.05, 3.63) is 41.5 Å². The van der Waals surface area contributed by atoms with Gasteiger partial charge in [0, 0.05) is 12.1 Å². The van der Waals surface area contributed by atoms with Crippen molar-refractivity contribution >= 4 is 11.6 Å². The summed E-state index contributed by atoms with van der Waals surface area (Å²) in [7, 11) is 1.86. The van der Waals surface area contributed by atoms with E-state index in [0.29, 0.717) is 11.7 Å². The van der Waals surface area contributed by atoms with Crippen molar-refractivity contribution in [1.82, 2.24) is 15.0 Å². The fourth-order valence-electron chi connectivity index (χ4n) is 1.97. The molecule has 0 radical (unpaired) electrons. The van der Waals surface area contributed by atoms with Gasteiger partial charge in [-0.05, 0) is 33.0 Å². The Morgan fingerprint density at radius 3 is 2.64 bits per heavy atom. The van der Waals surface area contributed by atoms with E-state index in [1.165, 1.54) is 0 Å². The molecule has 1 atom stereocenters. The molecule has 1 N–H and O–H groups in total. The van der Waals surface area contributed by atoms with Crippen LogP contribution in [0, 0.1) is 6.92 Å². The molecule has 6 nitrogen and oxygen atoms in total. The third-order valence-electron chi connectivity index (χ3n) is 3.55. The summed E-state index contributed by atoms with van der Waals surface area (Å²) < 4.78 is 5.22. The summed E-state index contributed by atoms with van der Waals surface area (Å²) in [5.41, 5.74) is 1.95. The van der Waals surface area contributed by atoms with Gasteiger partial charge in [-0.2, -0.15) is 4.98 Å². The fourth-order valence-corrected chi connectivity index (χ4v) is 1.97. The van der Waals surface area contributed by atoms with Crippen LogP contribution in [0.5, 0.6) is 0 Å². The third-order valence-corrected chi connectivity index (χ3v) is 3.55. The van der Waals surface area contributed by atoms with E-state index >= 15 is 0 Å². The van der Waals surface area contributed by atoms with Crippen molar-refractivity contribution in [1.29, 1.82) is 0 Å². The van der Waals surface area contributed by atoms with Crippen LogP contribution in [0.4, 0.5) is 5.69 Å². The van der Waals surface area contributed by atoms with Crippen LogP contribution in [0.2, 0.25) is 0 Å². The highest BCUT2D eigenvalue weighted by molar-refractivity contribution is 5.92. The number of anilines is 1. The number of carbonyl (C=O) groups is 1. The minimum atomic E-state index is -0.114. The number of hydrogen-bond acceptors (Lipinski definition) is 5. The Hall–Kier alpha value is -2.21. The number of carbonyl (C=O) groups excluding carboxylic acids is 1. The molecule has 2 rings (SSSR count). The number of aryl methyl sites for hydroxylation is 2. The van der Waals surface area contributed by atoms with Crippen LogP contribution >= 0.6 is 0 Å². The first kappa shape index (κ1) is 16.2. The maximum absolute atomic E-state index is 12.1. The highest BCUT2D eigenvalue weighted by Gasteiger charge is 2.20. The summed E-state index contributed by atoms with van der Waals surface area (Å²) >= 11 is 0. The van der Waals surface area contributed by atoms with Crippen molar-refractivity contribution in [2.45, 2.75) is 33.2 Å². The van der Waals surface area contributed by atoms with Crippen molar-refractivity contribution in [3.8, 4) is 0 Å². The second-order valence-corrected chi connectivity index (χ2v) is 5.41. The molecule has 6 heteroatoms. The summed E-state index contributed by atoms with van der Waals surface area (Å²) in [4.78, 5) is 18.3. The molecule has 0 unspecified atom stereocenters. The van der Waals surface area contributed by atoms with Gasteiger partial charge in [-0.3, -0.25) is 9.69 Å². The van der Waals surface area contributed by atoms with Crippen LogP contribution in [0.15, 0.2) is 28.8 Å². The van der Waals surface area contributed by atoms with Gasteiger partial charge in [0.1, 0.15) is 0 Å². The van der Waals surface area contributed by atoms with E-state index in [4.69, 9.17) is 4.52 Å². The van der Waals surface area contributed by atoms with Gasteiger partial charge in [0.05, 0.1) is 12.6 Å². The summed E-state index contributed by atoms with van der Waals surface area (Å²) in [6.45, 7) is 6.17. The summed E-state index contributed by atoms with van der Waals surface area (Å²) in [5.74, 6) is 1.13. The molecule has 0 aliphatic carbocycles. The Morgan fingerprint density at radius 1 is 1.36 bits per heavy atom. The molecule has 1 aromatic carbocycles. The summed E-state index contributed by atoms with van der Waals surface area (Å²) in [6, 6.07) is 7.60. The largest absolute Gasteiger partial charge is 0.338 e. The molecule has 1 heterocycles. The number of nitrogens with zero attached hydrogens (tertiary/aromatic N) is 3. The molecule has 0 bridgehead atoms. The number of amides is 1. The monoisotopic (exact) mass is 302 g/mol. The zero-order valence-corrected chi connectivity index (χ0v) is 13.5. The average Bonchev–Trinajstić information content (AvgIpc) is 2.97. The van der Waals surface area contributed by atoms with Gasteiger partial charge >= 0.3 is 0 Å². The normalized spacial score (nSPS) is 12.4. The minimum absolute atomic E-state index is 0.0755. The standard InChI is InChI=1S/C16H22N4O2/c1-5-14-18-16(22-19-14)12(3)20(4)10-15(21)17-13-8-6-11(2)7-9-13/h6-9,12H,5,10H2,1-4H3,(H,17,21)/t12-/m0/s1. The number of benzene rings is 1. The molecule has 2 aromatic rings. The average molecular weight is 302 g/mol. The Balaban J connectivity index is 1.91. The summed E-state index contributed by atoms with van der Waals surface area (Å²) in [5, 5.41) is 6.76. The van der Waals surface area contributed by atoms with Gasteiger partial charge < -0.3 is 9.84 Å². The predicted octanol–water partition coefficient (Wildman–Crippen LogP) is 2.57. The first-order valence-corrected chi connectivity index (χ1v) is 7.38. The van der Waals surface area contributed by atoms with Crippen LogP contribution in [-0.4, -0.2) is 34.5 Å². The number of hydrogen-bond donors (Lipinski definition) is 1. The van der Waals surface area contributed by atoms with Crippen molar-refractivity contribution in [3.63, 3.8) is 0 Å². The van der Waals surface area contributed by atoms with E-state index in [2.05, 4.69) is 15.5 Å². The predicted molar refractivity (Wildman–Crippen MR) is 84.5 cm³/mol. The van der Waals surface area contributed by atoms with Crippen molar-refractivity contribution in [2.24, 2.45) is 0 Å². The first-order chi connectivity index (χ1) is 10.5. The molecular weight excluding hydrogens is 280 g/mol. The summed E-state index contributed by atoms with van der Waals surface area (Å²) in [6.07, 6.45) is 0.730. The third kappa shape index (κ3) is 4.14. The van der Waals surface area contributed by atoms with Gasteiger partial charge in [0.2, 0.25) is 11.8 Å². The maximum atomic E-state index is 12.1. The van der Waals surface area contributed by atoms with Gasteiger partial charge in [-0.15, -0.1) is 0 Å². The van der Waals surface area contributed by atoms with Crippen LogP contribution in [0.25, 0.3) is 0 Å². The van der Waals surface area contributed by atoms with E-state index in [0.717, 1.165) is 17.7 Å². The Bertz CT molecular complexity index is 621. The molecule has 1 amide bonds. The second-order valence-electron chi connectivity index (χ2n) is 5.41. The molecule has 22 heavy (non-hydrogen) atoms. The van der Waals surface area contributed by atoms with Crippen LogP contribution in [0.3, 0.4) is 0 Å². The van der Waals surface area contributed by atoms with E-state index in [9.17, 15) is 4.79 Å². The SMILES string of the molecule is CCc1noc([C@H](C)N(C)CC(=O)Nc2ccc(C)cc2)n1. The molecule has 1 aromatic heterocycles. The molecule has 0 aliphatic heterocycles. The highest BCUT2D eigenvalue weighted by Crippen LogP contribution is 2.17. The lowest BCUT2D eigenvalue weighted by molar-refractivity contribution is -0.117. The topological polar surface area (TPSA) is 71.3 Å². The Labute approximate surface area is 130 Å². The van der Waals surface area contributed by atoms with E-state index in [1.54, 1.807) is 0 Å². The van der Waals surface area contributed by atoms with E-state index < -0.39 is 0 Å². The van der Waals surface area contributed by atoms with Gasteiger partial charge in [-0.1, -0.05) is 29.8 Å². The lowest BCUT2D eigenvalue weighted by Gasteiger charge is -2.20. The van der Waals surface area contributed by atoms with E-state index in [1.807, 2.05) is 57.0 Å². The van der Waals surface area contributed by atoms with Crippen LogP contribution in [-0.2, 0) is 11.2 Å². The molecule has 118 valence electrons. The molecule has 0 spiro atoms. The molecule has 0 fully saturated rings. The molecule has 0 saturated heterocycles. The Kier molecular flexibility index (Phi) is 5.27. The number of nitrogens with one attached hydrogen (secondary N) is 1.